The van der Waals surface area contributed by atoms with Crippen molar-refractivity contribution in [3.8, 4) is 11.5 Å². The summed E-state index contributed by atoms with van der Waals surface area (Å²) in [5, 5.41) is 2.85. The smallest absolute Gasteiger partial charge is 0.259 e. The Morgan fingerprint density at radius 3 is 2.52 bits per heavy atom. The first-order valence-corrected chi connectivity index (χ1v) is 6.51. The maximum Gasteiger partial charge on any atom is 0.259 e. The summed E-state index contributed by atoms with van der Waals surface area (Å²) in [5.74, 6) is 0.645. The van der Waals surface area contributed by atoms with Gasteiger partial charge in [0.15, 0.2) is 11.5 Å². The van der Waals surface area contributed by atoms with E-state index in [0.717, 1.165) is 5.56 Å². The molecule has 0 aliphatic carbocycles. The van der Waals surface area contributed by atoms with Crippen LogP contribution in [0.1, 0.15) is 15.9 Å². The first-order valence-electron chi connectivity index (χ1n) is 6.51. The van der Waals surface area contributed by atoms with Gasteiger partial charge in [0.05, 0.1) is 19.8 Å². The molecular weight excluding hydrogens is 268 g/mol. The van der Waals surface area contributed by atoms with Crippen LogP contribution >= 0.6 is 0 Å². The molecule has 0 aliphatic heterocycles. The van der Waals surface area contributed by atoms with Crippen molar-refractivity contribution >= 4 is 11.6 Å². The van der Waals surface area contributed by atoms with Gasteiger partial charge in [0, 0.05) is 12.2 Å². The average molecular weight is 286 g/mol. The number of amides is 1. The van der Waals surface area contributed by atoms with Crippen LogP contribution in [0, 0.1) is 0 Å². The molecule has 0 spiro atoms. The van der Waals surface area contributed by atoms with Crippen LogP contribution in [0.15, 0.2) is 42.5 Å². The molecule has 21 heavy (non-hydrogen) atoms. The van der Waals surface area contributed by atoms with Crippen molar-refractivity contribution in [2.24, 2.45) is 5.73 Å². The number of methoxy groups -OCH3 is 2. The maximum absolute atomic E-state index is 12.4. The summed E-state index contributed by atoms with van der Waals surface area (Å²) in [4.78, 5) is 12.4. The number of anilines is 1. The Morgan fingerprint density at radius 1 is 1.10 bits per heavy atom. The molecule has 5 heteroatoms. The molecule has 0 aromatic heterocycles. The van der Waals surface area contributed by atoms with Crippen molar-refractivity contribution in [1.82, 2.24) is 0 Å². The summed E-state index contributed by atoms with van der Waals surface area (Å²) in [6.45, 7) is 0.353. The molecule has 110 valence electrons. The molecule has 0 aliphatic rings. The number of carbonyl (C=O) groups excluding carboxylic acids is 1. The lowest BCUT2D eigenvalue weighted by Crippen LogP contribution is -2.15. The van der Waals surface area contributed by atoms with E-state index >= 15 is 0 Å². The standard InChI is InChI=1S/C16H18N2O3/c1-20-14-9-5-7-12(15(14)21-2)16(19)18-13-8-4-3-6-11(13)10-17/h3-9H,10,17H2,1-2H3,(H,18,19). The lowest BCUT2D eigenvalue weighted by atomic mass is 10.1. The fraction of sp³-hybridized carbons (Fsp3) is 0.188. The number of nitrogens with one attached hydrogen (secondary N) is 1. The summed E-state index contributed by atoms with van der Waals surface area (Å²) in [6.07, 6.45) is 0. The van der Waals surface area contributed by atoms with E-state index in [1.807, 2.05) is 24.3 Å². The first-order chi connectivity index (χ1) is 10.2. The SMILES string of the molecule is COc1cccc(C(=O)Nc2ccccc2CN)c1OC. The highest BCUT2D eigenvalue weighted by Gasteiger charge is 2.17. The summed E-state index contributed by atoms with van der Waals surface area (Å²) in [7, 11) is 3.03. The van der Waals surface area contributed by atoms with Crippen LogP contribution in [0.3, 0.4) is 0 Å². The maximum atomic E-state index is 12.4. The van der Waals surface area contributed by atoms with Crippen molar-refractivity contribution in [3.05, 3.63) is 53.6 Å². The van der Waals surface area contributed by atoms with E-state index in [2.05, 4.69) is 5.32 Å². The van der Waals surface area contributed by atoms with E-state index in [0.29, 0.717) is 29.3 Å². The number of para-hydroxylation sites is 2. The third-order valence-corrected chi connectivity index (χ3v) is 3.13. The van der Waals surface area contributed by atoms with Gasteiger partial charge >= 0.3 is 0 Å². The third kappa shape index (κ3) is 3.14. The van der Waals surface area contributed by atoms with Crippen molar-refractivity contribution in [2.75, 3.05) is 19.5 Å². The lowest BCUT2D eigenvalue weighted by molar-refractivity contribution is 0.102. The quantitative estimate of drug-likeness (QED) is 0.885. The molecule has 2 rings (SSSR count). The van der Waals surface area contributed by atoms with Crippen LogP contribution in [0.2, 0.25) is 0 Å². The number of hydrogen-bond donors (Lipinski definition) is 2. The second-order valence-electron chi connectivity index (χ2n) is 4.36. The molecule has 0 radical (unpaired) electrons. The first kappa shape index (κ1) is 14.9. The summed E-state index contributed by atoms with van der Waals surface area (Å²) in [6, 6.07) is 12.6. The Kier molecular flexibility index (Phi) is 4.79. The van der Waals surface area contributed by atoms with Crippen molar-refractivity contribution < 1.29 is 14.3 Å². The van der Waals surface area contributed by atoms with Gasteiger partial charge in [0.25, 0.3) is 5.91 Å². The van der Waals surface area contributed by atoms with Gasteiger partial charge in [-0.15, -0.1) is 0 Å². The predicted octanol–water partition coefficient (Wildman–Crippen LogP) is 2.41. The fourth-order valence-electron chi connectivity index (χ4n) is 2.08. The van der Waals surface area contributed by atoms with Gasteiger partial charge in [-0.05, 0) is 23.8 Å². The number of benzene rings is 2. The molecule has 0 saturated heterocycles. The van der Waals surface area contributed by atoms with E-state index < -0.39 is 0 Å². The predicted molar refractivity (Wildman–Crippen MR) is 81.8 cm³/mol. The van der Waals surface area contributed by atoms with Crippen LogP contribution in [0.25, 0.3) is 0 Å². The Hall–Kier alpha value is -2.53. The summed E-state index contributed by atoms with van der Waals surface area (Å²) < 4.78 is 10.5. The summed E-state index contributed by atoms with van der Waals surface area (Å²) in [5.41, 5.74) is 7.63. The minimum Gasteiger partial charge on any atom is -0.493 e. The normalized spacial score (nSPS) is 10.0. The van der Waals surface area contributed by atoms with Gasteiger partial charge in [0.1, 0.15) is 0 Å². The molecule has 2 aromatic rings. The van der Waals surface area contributed by atoms with Crippen molar-refractivity contribution in [3.63, 3.8) is 0 Å². The van der Waals surface area contributed by atoms with E-state index in [1.54, 1.807) is 18.2 Å². The van der Waals surface area contributed by atoms with E-state index in [1.165, 1.54) is 14.2 Å². The fourth-order valence-corrected chi connectivity index (χ4v) is 2.08. The summed E-state index contributed by atoms with van der Waals surface area (Å²) >= 11 is 0. The highest BCUT2D eigenvalue weighted by Crippen LogP contribution is 2.31. The monoisotopic (exact) mass is 286 g/mol. The van der Waals surface area contributed by atoms with Crippen LogP contribution in [0.5, 0.6) is 11.5 Å². The number of hydrogen-bond acceptors (Lipinski definition) is 4. The van der Waals surface area contributed by atoms with Crippen LogP contribution in [-0.4, -0.2) is 20.1 Å². The minimum absolute atomic E-state index is 0.272. The molecule has 0 atom stereocenters. The molecule has 0 fully saturated rings. The third-order valence-electron chi connectivity index (χ3n) is 3.13. The lowest BCUT2D eigenvalue weighted by Gasteiger charge is -2.14. The van der Waals surface area contributed by atoms with Gasteiger partial charge in [0.2, 0.25) is 0 Å². The van der Waals surface area contributed by atoms with E-state index in [9.17, 15) is 4.79 Å². The molecule has 1 amide bonds. The highest BCUT2D eigenvalue weighted by atomic mass is 16.5. The Bertz CT molecular complexity index is 641. The average Bonchev–Trinajstić information content (AvgIpc) is 2.54. The van der Waals surface area contributed by atoms with Crippen molar-refractivity contribution in [1.29, 1.82) is 0 Å². The Balaban J connectivity index is 2.33. The molecule has 2 aromatic carbocycles. The number of ether oxygens (including phenoxy) is 2. The zero-order valence-electron chi connectivity index (χ0n) is 12.1. The number of carbonyl (C=O) groups is 1. The topological polar surface area (TPSA) is 73.6 Å². The van der Waals surface area contributed by atoms with Gasteiger partial charge in [-0.3, -0.25) is 4.79 Å². The second kappa shape index (κ2) is 6.76. The number of rotatable bonds is 5. The largest absolute Gasteiger partial charge is 0.493 e. The molecular formula is C16H18N2O3. The van der Waals surface area contributed by atoms with Gasteiger partial charge in [-0.2, -0.15) is 0 Å². The molecule has 0 saturated carbocycles. The molecule has 3 N–H and O–H groups in total. The Morgan fingerprint density at radius 2 is 1.86 bits per heavy atom. The molecule has 5 nitrogen and oxygen atoms in total. The Labute approximate surface area is 123 Å². The van der Waals surface area contributed by atoms with Gasteiger partial charge in [-0.1, -0.05) is 24.3 Å². The second-order valence-corrected chi connectivity index (χ2v) is 4.36. The van der Waals surface area contributed by atoms with E-state index in [4.69, 9.17) is 15.2 Å². The minimum atomic E-state index is -0.272. The zero-order valence-corrected chi connectivity index (χ0v) is 12.1. The molecule has 0 bridgehead atoms. The molecule has 0 heterocycles. The zero-order chi connectivity index (χ0) is 15.2. The van der Waals surface area contributed by atoms with Gasteiger partial charge in [-0.25, -0.2) is 0 Å². The van der Waals surface area contributed by atoms with E-state index in [-0.39, 0.29) is 5.91 Å². The van der Waals surface area contributed by atoms with Gasteiger partial charge < -0.3 is 20.5 Å². The van der Waals surface area contributed by atoms with Crippen LogP contribution in [0.4, 0.5) is 5.69 Å². The molecule has 0 unspecified atom stereocenters. The highest BCUT2D eigenvalue weighted by molar-refractivity contribution is 6.07. The van der Waals surface area contributed by atoms with Crippen molar-refractivity contribution in [2.45, 2.75) is 6.54 Å². The number of nitrogens with two attached hydrogens (primary N) is 1. The van der Waals surface area contributed by atoms with Crippen LogP contribution in [-0.2, 0) is 6.54 Å². The van der Waals surface area contributed by atoms with Crippen LogP contribution < -0.4 is 20.5 Å².